The first kappa shape index (κ1) is 19.0. The van der Waals surface area contributed by atoms with Crippen LogP contribution in [-0.2, 0) is 13.0 Å². The third-order valence-corrected chi connectivity index (χ3v) is 5.55. The smallest absolute Gasteiger partial charge is 0.228 e. The largest absolute Gasteiger partial charge is 0.493 e. The van der Waals surface area contributed by atoms with E-state index in [1.165, 1.54) is 0 Å². The van der Waals surface area contributed by atoms with Crippen LogP contribution in [0.25, 0.3) is 22.0 Å². The predicted molar refractivity (Wildman–Crippen MR) is 119 cm³/mol. The highest BCUT2D eigenvalue weighted by Gasteiger charge is 2.24. The Morgan fingerprint density at radius 1 is 1.06 bits per heavy atom. The van der Waals surface area contributed by atoms with Crippen LogP contribution in [0.5, 0.6) is 11.5 Å². The van der Waals surface area contributed by atoms with Gasteiger partial charge in [-0.2, -0.15) is 4.98 Å². The zero-order chi connectivity index (χ0) is 21.4. The summed E-state index contributed by atoms with van der Waals surface area (Å²) in [7, 11) is 3.24. The van der Waals surface area contributed by atoms with Crippen molar-refractivity contribution in [1.29, 1.82) is 0 Å². The number of nitrogen functional groups attached to an aromatic ring is 1. The zero-order valence-electron chi connectivity index (χ0n) is 17.4. The lowest BCUT2D eigenvalue weighted by Crippen LogP contribution is -2.32. The standard InChI is InChI=1S/C23H22N6O2/c1-30-18-10-17-20(19(21(18)31-2)14-6-4-3-5-7-14)22(24)28-23(27-17)29-9-8-16-15(12-29)11-25-13-26-16/h3-7,10-11,13H,8-9,12H2,1-2H3,(H2,24,27,28). The molecule has 31 heavy (non-hydrogen) atoms. The third-order valence-electron chi connectivity index (χ3n) is 5.55. The van der Waals surface area contributed by atoms with E-state index < -0.39 is 0 Å². The van der Waals surface area contributed by atoms with Gasteiger partial charge in [-0.15, -0.1) is 0 Å². The summed E-state index contributed by atoms with van der Waals surface area (Å²) in [6.45, 7) is 1.40. The van der Waals surface area contributed by atoms with Crippen molar-refractivity contribution in [3.05, 3.63) is 60.2 Å². The molecule has 8 nitrogen and oxygen atoms in total. The molecule has 0 saturated carbocycles. The van der Waals surface area contributed by atoms with Gasteiger partial charge in [0.05, 0.1) is 30.8 Å². The van der Waals surface area contributed by atoms with Crippen LogP contribution in [-0.4, -0.2) is 40.7 Å². The minimum Gasteiger partial charge on any atom is -0.493 e. The van der Waals surface area contributed by atoms with Gasteiger partial charge in [0.15, 0.2) is 11.5 Å². The first-order valence-corrected chi connectivity index (χ1v) is 10.00. The SMILES string of the molecule is COc1cc2nc(N3CCc4ncncc4C3)nc(N)c2c(-c2ccccc2)c1OC. The first-order chi connectivity index (χ1) is 15.2. The van der Waals surface area contributed by atoms with Crippen molar-refractivity contribution in [2.24, 2.45) is 0 Å². The number of aromatic nitrogens is 4. The molecule has 0 fully saturated rings. The summed E-state index contributed by atoms with van der Waals surface area (Å²) >= 11 is 0. The molecule has 0 amide bonds. The molecule has 1 aliphatic heterocycles. The maximum atomic E-state index is 6.51. The lowest BCUT2D eigenvalue weighted by atomic mass is 9.99. The first-order valence-electron chi connectivity index (χ1n) is 10.00. The van der Waals surface area contributed by atoms with E-state index in [0.717, 1.165) is 40.7 Å². The quantitative estimate of drug-likeness (QED) is 0.543. The Morgan fingerprint density at radius 3 is 2.68 bits per heavy atom. The van der Waals surface area contributed by atoms with Crippen LogP contribution in [0.1, 0.15) is 11.3 Å². The van der Waals surface area contributed by atoms with Crippen LogP contribution < -0.4 is 20.1 Å². The van der Waals surface area contributed by atoms with E-state index in [0.29, 0.717) is 35.3 Å². The van der Waals surface area contributed by atoms with Crippen molar-refractivity contribution in [3.63, 3.8) is 0 Å². The molecule has 0 radical (unpaired) electrons. The number of nitrogens with two attached hydrogens (primary N) is 1. The van der Waals surface area contributed by atoms with Gasteiger partial charge in [0, 0.05) is 42.9 Å². The summed E-state index contributed by atoms with van der Waals surface area (Å²) in [6.07, 6.45) is 4.24. The molecular formula is C23H22N6O2. The van der Waals surface area contributed by atoms with Gasteiger partial charge < -0.3 is 20.1 Å². The van der Waals surface area contributed by atoms with Crippen molar-refractivity contribution < 1.29 is 9.47 Å². The molecule has 2 N–H and O–H groups in total. The molecule has 3 heterocycles. The van der Waals surface area contributed by atoms with E-state index in [2.05, 4.69) is 19.9 Å². The van der Waals surface area contributed by atoms with E-state index >= 15 is 0 Å². The summed E-state index contributed by atoms with van der Waals surface area (Å²) < 4.78 is 11.3. The third kappa shape index (κ3) is 3.26. The fraction of sp³-hybridized carbons (Fsp3) is 0.217. The Labute approximate surface area is 179 Å². The van der Waals surface area contributed by atoms with E-state index in [9.17, 15) is 0 Å². The zero-order valence-corrected chi connectivity index (χ0v) is 17.4. The van der Waals surface area contributed by atoms with Gasteiger partial charge in [0.2, 0.25) is 5.95 Å². The second-order valence-electron chi connectivity index (χ2n) is 7.32. The number of hydrogen-bond acceptors (Lipinski definition) is 8. The topological polar surface area (TPSA) is 99.3 Å². The number of nitrogens with zero attached hydrogens (tertiary/aromatic N) is 5. The van der Waals surface area contributed by atoms with Crippen molar-refractivity contribution in [1.82, 2.24) is 19.9 Å². The van der Waals surface area contributed by atoms with E-state index in [4.69, 9.17) is 20.2 Å². The van der Waals surface area contributed by atoms with Crippen LogP contribution in [0.15, 0.2) is 48.9 Å². The number of fused-ring (bicyclic) bond motifs is 2. The normalized spacial score (nSPS) is 13.2. The molecular weight excluding hydrogens is 392 g/mol. The number of anilines is 2. The molecule has 0 aliphatic carbocycles. The van der Waals surface area contributed by atoms with Crippen LogP contribution in [0.3, 0.4) is 0 Å². The number of rotatable bonds is 4. The van der Waals surface area contributed by atoms with Gasteiger partial charge in [-0.25, -0.2) is 15.0 Å². The van der Waals surface area contributed by atoms with Crippen molar-refractivity contribution in [2.45, 2.75) is 13.0 Å². The van der Waals surface area contributed by atoms with Crippen molar-refractivity contribution >= 4 is 22.7 Å². The van der Waals surface area contributed by atoms with Gasteiger partial charge in [-0.1, -0.05) is 30.3 Å². The van der Waals surface area contributed by atoms with E-state index in [1.54, 1.807) is 20.5 Å². The molecule has 0 unspecified atom stereocenters. The Morgan fingerprint density at radius 2 is 1.90 bits per heavy atom. The number of hydrogen-bond donors (Lipinski definition) is 1. The minimum atomic E-state index is 0.398. The van der Waals surface area contributed by atoms with Gasteiger partial charge >= 0.3 is 0 Å². The highest BCUT2D eigenvalue weighted by Crippen LogP contribution is 2.45. The minimum absolute atomic E-state index is 0.398. The monoisotopic (exact) mass is 414 g/mol. The second kappa shape index (κ2) is 7.71. The summed E-state index contributed by atoms with van der Waals surface area (Å²) in [6, 6.07) is 11.8. The van der Waals surface area contributed by atoms with E-state index in [-0.39, 0.29) is 0 Å². The molecule has 0 spiro atoms. The molecule has 1 aliphatic rings. The predicted octanol–water partition coefficient (Wildman–Crippen LogP) is 3.25. The molecule has 5 rings (SSSR count). The molecule has 8 heteroatoms. The Kier molecular flexibility index (Phi) is 4.74. The summed E-state index contributed by atoms with van der Waals surface area (Å²) in [5, 5.41) is 0.744. The molecule has 0 saturated heterocycles. The lowest BCUT2D eigenvalue weighted by molar-refractivity contribution is 0.357. The summed E-state index contributed by atoms with van der Waals surface area (Å²) in [5.41, 5.74) is 11.1. The molecule has 2 aromatic heterocycles. The molecule has 0 atom stereocenters. The molecule has 2 aromatic carbocycles. The molecule has 4 aromatic rings. The molecule has 0 bridgehead atoms. The average Bonchev–Trinajstić information content (AvgIpc) is 2.82. The fourth-order valence-electron chi connectivity index (χ4n) is 4.08. The Balaban J connectivity index is 1.69. The maximum Gasteiger partial charge on any atom is 0.228 e. The van der Waals surface area contributed by atoms with Crippen molar-refractivity contribution in [3.8, 4) is 22.6 Å². The second-order valence-corrected chi connectivity index (χ2v) is 7.32. The van der Waals surface area contributed by atoms with Gasteiger partial charge in [0.1, 0.15) is 12.1 Å². The molecule has 156 valence electrons. The number of ether oxygens (including phenoxy) is 2. The fourth-order valence-corrected chi connectivity index (χ4v) is 4.08. The Hall–Kier alpha value is -3.94. The van der Waals surface area contributed by atoms with Gasteiger partial charge in [0.25, 0.3) is 0 Å². The van der Waals surface area contributed by atoms with Crippen molar-refractivity contribution in [2.75, 3.05) is 31.4 Å². The number of methoxy groups -OCH3 is 2. The Bertz CT molecular complexity index is 1260. The van der Waals surface area contributed by atoms with Gasteiger partial charge in [-0.05, 0) is 5.56 Å². The van der Waals surface area contributed by atoms with Gasteiger partial charge in [-0.3, -0.25) is 0 Å². The number of benzene rings is 2. The van der Waals surface area contributed by atoms with Crippen LogP contribution in [0.4, 0.5) is 11.8 Å². The van der Waals surface area contributed by atoms with Crippen LogP contribution in [0.2, 0.25) is 0 Å². The summed E-state index contributed by atoms with van der Waals surface area (Å²) in [4.78, 5) is 20.1. The highest BCUT2D eigenvalue weighted by atomic mass is 16.5. The van der Waals surface area contributed by atoms with Crippen LogP contribution >= 0.6 is 0 Å². The van der Waals surface area contributed by atoms with E-state index in [1.807, 2.05) is 42.6 Å². The average molecular weight is 414 g/mol. The maximum absolute atomic E-state index is 6.51. The highest BCUT2D eigenvalue weighted by molar-refractivity contribution is 6.05. The lowest BCUT2D eigenvalue weighted by Gasteiger charge is -2.28. The van der Waals surface area contributed by atoms with Crippen LogP contribution in [0, 0.1) is 0 Å². The summed E-state index contributed by atoms with van der Waals surface area (Å²) in [5.74, 6) is 2.17.